The van der Waals surface area contributed by atoms with Gasteiger partial charge in [0.05, 0.1) is 18.6 Å². The number of nitrogens with one attached hydrogen (secondary N) is 1. The molecule has 3 aliphatic carbocycles. The summed E-state index contributed by atoms with van der Waals surface area (Å²) in [6.45, 7) is -0.00273. The zero-order valence-electron chi connectivity index (χ0n) is 19.0. The van der Waals surface area contributed by atoms with Crippen LogP contribution in [0.1, 0.15) is 62.8 Å². The van der Waals surface area contributed by atoms with Crippen LogP contribution in [0, 0.1) is 5.92 Å². The maximum absolute atomic E-state index is 13.6. The predicted octanol–water partition coefficient (Wildman–Crippen LogP) is 2.27. The number of fused-ring (bicyclic) bond motifs is 3. The third-order valence-corrected chi connectivity index (χ3v) is 7.88. The molecule has 5 rings (SSSR count). The number of amides is 2. The fraction of sp³-hybridized carbons (Fsp3) is 0.615. The number of para-hydroxylation sites is 1. The fourth-order valence-corrected chi connectivity index (χ4v) is 5.96. The van der Waals surface area contributed by atoms with Gasteiger partial charge in [-0.15, -0.1) is 0 Å². The number of ether oxygens (including phenoxy) is 1. The Balaban J connectivity index is 1.54. The van der Waals surface area contributed by atoms with Crippen LogP contribution in [0.15, 0.2) is 35.9 Å². The predicted molar refractivity (Wildman–Crippen MR) is 123 cm³/mol. The second-order valence-corrected chi connectivity index (χ2v) is 9.85. The second kappa shape index (κ2) is 9.47. The van der Waals surface area contributed by atoms with Crippen molar-refractivity contribution < 1.29 is 24.5 Å². The molecule has 178 valence electrons. The summed E-state index contributed by atoms with van der Waals surface area (Å²) in [4.78, 5) is 28.8. The van der Waals surface area contributed by atoms with Gasteiger partial charge < -0.3 is 25.2 Å². The Morgan fingerprint density at radius 3 is 2.52 bits per heavy atom. The number of nitrogens with zero attached hydrogens (tertiary/aromatic N) is 1. The first-order chi connectivity index (χ1) is 16.1. The van der Waals surface area contributed by atoms with E-state index in [2.05, 4.69) is 5.32 Å². The van der Waals surface area contributed by atoms with Crippen molar-refractivity contribution in [3.05, 3.63) is 41.5 Å². The summed E-state index contributed by atoms with van der Waals surface area (Å²) in [5, 5.41) is 23.6. The van der Waals surface area contributed by atoms with E-state index in [9.17, 15) is 19.8 Å². The van der Waals surface area contributed by atoms with Crippen molar-refractivity contribution in [3.63, 3.8) is 0 Å². The molecule has 2 fully saturated rings. The molecule has 4 atom stereocenters. The van der Waals surface area contributed by atoms with E-state index < -0.39 is 24.2 Å². The van der Waals surface area contributed by atoms with Crippen molar-refractivity contribution in [3.8, 4) is 5.75 Å². The average molecular weight is 455 g/mol. The standard InChI is InChI=1S/C26H34N2O5/c29-14-13-27-25(31)19-15-20(23(30)24-22(19)18-11-4-5-12-21(18)33-24)28(17-9-2-1-3-10-17)26(32)16-7-6-8-16/h4-5,11-12,15-17,20,22-24,29-30H,1-3,6-10,13-14H2,(H,27,31). The van der Waals surface area contributed by atoms with Gasteiger partial charge in [0, 0.05) is 29.6 Å². The first-order valence-corrected chi connectivity index (χ1v) is 12.5. The van der Waals surface area contributed by atoms with Crippen LogP contribution in [0.2, 0.25) is 0 Å². The van der Waals surface area contributed by atoms with Gasteiger partial charge in [-0.3, -0.25) is 9.59 Å². The molecule has 4 aliphatic rings. The van der Waals surface area contributed by atoms with Gasteiger partial charge >= 0.3 is 0 Å². The van der Waals surface area contributed by atoms with E-state index >= 15 is 0 Å². The molecule has 1 aromatic rings. The zero-order valence-corrected chi connectivity index (χ0v) is 19.0. The highest BCUT2D eigenvalue weighted by atomic mass is 16.5. The Bertz CT molecular complexity index is 921. The van der Waals surface area contributed by atoms with Gasteiger partial charge in [0.2, 0.25) is 11.8 Å². The molecule has 7 heteroatoms. The molecule has 7 nitrogen and oxygen atoms in total. The fourth-order valence-electron chi connectivity index (χ4n) is 5.96. The van der Waals surface area contributed by atoms with Crippen LogP contribution in [0.4, 0.5) is 0 Å². The molecule has 2 saturated carbocycles. The van der Waals surface area contributed by atoms with Crippen molar-refractivity contribution in [2.45, 2.75) is 81.6 Å². The van der Waals surface area contributed by atoms with Crippen molar-refractivity contribution in [1.29, 1.82) is 0 Å². The van der Waals surface area contributed by atoms with E-state index in [0.717, 1.165) is 50.5 Å². The lowest BCUT2D eigenvalue weighted by Crippen LogP contribution is -2.60. The number of carbonyl (C=O) groups is 2. The van der Waals surface area contributed by atoms with Gasteiger partial charge in [-0.2, -0.15) is 0 Å². The number of hydrogen-bond acceptors (Lipinski definition) is 5. The first kappa shape index (κ1) is 22.4. The maximum Gasteiger partial charge on any atom is 0.247 e. The minimum absolute atomic E-state index is 0.0126. The van der Waals surface area contributed by atoms with Gasteiger partial charge in [0.15, 0.2) is 0 Å². The molecular weight excluding hydrogens is 420 g/mol. The number of aliphatic hydroxyl groups is 2. The zero-order chi connectivity index (χ0) is 22.9. The van der Waals surface area contributed by atoms with Crippen molar-refractivity contribution in [2.75, 3.05) is 13.2 Å². The van der Waals surface area contributed by atoms with Gasteiger partial charge in [-0.05, 0) is 37.8 Å². The number of rotatable bonds is 6. The summed E-state index contributed by atoms with van der Waals surface area (Å²) in [5.41, 5.74) is 1.39. The molecule has 0 saturated heterocycles. The van der Waals surface area contributed by atoms with Crippen molar-refractivity contribution >= 4 is 11.8 Å². The average Bonchev–Trinajstić information content (AvgIpc) is 3.19. The highest BCUT2D eigenvalue weighted by Gasteiger charge is 2.52. The minimum Gasteiger partial charge on any atom is -0.486 e. The smallest absolute Gasteiger partial charge is 0.247 e. The quantitative estimate of drug-likeness (QED) is 0.613. The molecule has 0 radical (unpaired) electrons. The van der Waals surface area contributed by atoms with Gasteiger partial charge in [0.25, 0.3) is 0 Å². The highest BCUT2D eigenvalue weighted by Crippen LogP contribution is 2.48. The Morgan fingerprint density at radius 1 is 1.06 bits per heavy atom. The lowest BCUT2D eigenvalue weighted by molar-refractivity contribution is -0.148. The Morgan fingerprint density at radius 2 is 1.82 bits per heavy atom. The van der Waals surface area contributed by atoms with Crippen LogP contribution < -0.4 is 10.1 Å². The van der Waals surface area contributed by atoms with Gasteiger partial charge in [0.1, 0.15) is 18.0 Å². The molecule has 2 amide bonds. The summed E-state index contributed by atoms with van der Waals surface area (Å²) in [7, 11) is 0. The molecule has 1 heterocycles. The van der Waals surface area contributed by atoms with Crippen LogP contribution >= 0.6 is 0 Å². The van der Waals surface area contributed by atoms with Crippen molar-refractivity contribution in [2.24, 2.45) is 5.92 Å². The van der Waals surface area contributed by atoms with Crippen molar-refractivity contribution in [1.82, 2.24) is 10.2 Å². The summed E-state index contributed by atoms with van der Waals surface area (Å²) < 4.78 is 6.20. The summed E-state index contributed by atoms with van der Waals surface area (Å²) >= 11 is 0. The van der Waals surface area contributed by atoms with E-state index in [1.54, 1.807) is 0 Å². The third kappa shape index (κ3) is 4.06. The second-order valence-electron chi connectivity index (χ2n) is 9.85. The van der Waals surface area contributed by atoms with Gasteiger partial charge in [-0.25, -0.2) is 0 Å². The number of benzene rings is 1. The summed E-state index contributed by atoms with van der Waals surface area (Å²) in [5.74, 6) is 0.104. The van der Waals surface area contributed by atoms with E-state index in [4.69, 9.17) is 4.74 Å². The maximum atomic E-state index is 13.6. The molecule has 0 bridgehead atoms. The van der Waals surface area contributed by atoms with Crippen LogP contribution in [0.3, 0.4) is 0 Å². The molecule has 0 spiro atoms. The lowest BCUT2D eigenvalue weighted by Gasteiger charge is -2.47. The van der Waals surface area contributed by atoms with Crippen LogP contribution in [0.5, 0.6) is 5.75 Å². The number of aliphatic hydroxyl groups excluding tert-OH is 2. The molecule has 1 aliphatic heterocycles. The monoisotopic (exact) mass is 454 g/mol. The normalized spacial score (nSPS) is 29.2. The third-order valence-electron chi connectivity index (χ3n) is 7.88. The van der Waals surface area contributed by atoms with Gasteiger partial charge in [-0.1, -0.05) is 43.9 Å². The largest absolute Gasteiger partial charge is 0.486 e. The van der Waals surface area contributed by atoms with E-state index in [0.29, 0.717) is 11.3 Å². The number of hydrogen-bond donors (Lipinski definition) is 3. The Hall–Kier alpha value is -2.38. The summed E-state index contributed by atoms with van der Waals surface area (Å²) in [6, 6.07) is 7.04. The molecular formula is C26H34N2O5. The minimum atomic E-state index is -0.928. The molecule has 0 aromatic heterocycles. The number of carbonyl (C=O) groups excluding carboxylic acids is 2. The highest BCUT2D eigenvalue weighted by molar-refractivity contribution is 5.96. The molecule has 3 N–H and O–H groups in total. The van der Waals surface area contributed by atoms with E-state index in [1.165, 1.54) is 6.42 Å². The SMILES string of the molecule is O=C(NCCO)C1=CC(N(C(=O)C2CCC2)C2CCCCC2)C(O)C2Oc3ccccc3C12. The Kier molecular flexibility index (Phi) is 6.43. The molecule has 33 heavy (non-hydrogen) atoms. The Labute approximate surface area is 194 Å². The van der Waals surface area contributed by atoms with Crippen LogP contribution in [0.25, 0.3) is 0 Å². The lowest BCUT2D eigenvalue weighted by atomic mass is 9.76. The van der Waals surface area contributed by atoms with Crippen LogP contribution in [-0.4, -0.2) is 64.4 Å². The molecule has 4 unspecified atom stereocenters. The summed E-state index contributed by atoms with van der Waals surface area (Å²) in [6.07, 6.45) is 8.28. The topological polar surface area (TPSA) is 99.1 Å². The van der Waals surface area contributed by atoms with Crippen LogP contribution in [-0.2, 0) is 9.59 Å². The first-order valence-electron chi connectivity index (χ1n) is 12.5. The molecule has 1 aromatic carbocycles. The van der Waals surface area contributed by atoms with E-state index in [-0.39, 0.29) is 36.9 Å². The van der Waals surface area contributed by atoms with E-state index in [1.807, 2.05) is 35.2 Å².